The van der Waals surface area contributed by atoms with Gasteiger partial charge in [0.05, 0.1) is 12.2 Å². The zero-order valence-electron chi connectivity index (χ0n) is 15.1. The van der Waals surface area contributed by atoms with E-state index in [4.69, 9.17) is 4.74 Å². The molecule has 0 spiro atoms. The molecule has 6 heteroatoms. The molecule has 2 rings (SSSR count). The van der Waals surface area contributed by atoms with Crippen molar-refractivity contribution in [3.8, 4) is 6.07 Å². The van der Waals surface area contributed by atoms with E-state index >= 15 is 0 Å². The number of anilines is 1. The van der Waals surface area contributed by atoms with Gasteiger partial charge >= 0.3 is 5.97 Å². The van der Waals surface area contributed by atoms with Gasteiger partial charge in [0, 0.05) is 18.4 Å². The molecule has 0 fully saturated rings. The zero-order chi connectivity index (χ0) is 19.5. The van der Waals surface area contributed by atoms with Gasteiger partial charge in [-0.05, 0) is 43.2 Å². The van der Waals surface area contributed by atoms with E-state index in [2.05, 4.69) is 10.6 Å². The van der Waals surface area contributed by atoms with Crippen molar-refractivity contribution >= 4 is 17.6 Å². The first-order chi connectivity index (χ1) is 13.1. The third-order valence-corrected chi connectivity index (χ3v) is 3.69. The standard InChI is InChI=1S/C21H21N3O3/c1-2-27-21(26)17-8-10-19(11-9-17)24-15-18(14-22)20(25)23-13-12-16-6-4-3-5-7-16/h3-11,15,24H,2,12-13H2,1H3,(H,23,25)/b18-15-. The molecule has 0 radical (unpaired) electrons. The van der Waals surface area contributed by atoms with Crippen LogP contribution in [0.15, 0.2) is 66.4 Å². The fourth-order valence-corrected chi connectivity index (χ4v) is 2.28. The molecule has 1 amide bonds. The third-order valence-electron chi connectivity index (χ3n) is 3.69. The van der Waals surface area contributed by atoms with Crippen molar-refractivity contribution in [2.75, 3.05) is 18.5 Å². The molecule has 0 aliphatic heterocycles. The highest BCUT2D eigenvalue weighted by Gasteiger charge is 2.09. The highest BCUT2D eigenvalue weighted by Crippen LogP contribution is 2.11. The number of ether oxygens (including phenoxy) is 1. The maximum atomic E-state index is 12.1. The number of esters is 1. The van der Waals surface area contributed by atoms with Gasteiger partial charge in [0.1, 0.15) is 11.6 Å². The van der Waals surface area contributed by atoms with Crippen molar-refractivity contribution < 1.29 is 14.3 Å². The second-order valence-electron chi connectivity index (χ2n) is 5.60. The molecule has 2 N–H and O–H groups in total. The van der Waals surface area contributed by atoms with Crippen LogP contribution in [0.2, 0.25) is 0 Å². The average Bonchev–Trinajstić information content (AvgIpc) is 2.70. The minimum atomic E-state index is -0.441. The Kier molecular flexibility index (Phi) is 7.61. The van der Waals surface area contributed by atoms with Crippen LogP contribution < -0.4 is 10.6 Å². The van der Waals surface area contributed by atoms with E-state index in [1.165, 1.54) is 6.20 Å². The Bertz CT molecular complexity index is 837. The summed E-state index contributed by atoms with van der Waals surface area (Å²) in [5.74, 6) is -0.834. The molecule has 6 nitrogen and oxygen atoms in total. The van der Waals surface area contributed by atoms with Crippen LogP contribution in [0.5, 0.6) is 0 Å². The van der Waals surface area contributed by atoms with Crippen LogP contribution in [-0.2, 0) is 16.0 Å². The number of benzene rings is 2. The van der Waals surface area contributed by atoms with Gasteiger partial charge in [-0.25, -0.2) is 4.79 Å². The summed E-state index contributed by atoms with van der Waals surface area (Å²) >= 11 is 0. The third kappa shape index (κ3) is 6.33. The van der Waals surface area contributed by atoms with Gasteiger partial charge in [-0.3, -0.25) is 4.79 Å². The molecule has 0 bridgehead atoms. The molecule has 0 aliphatic carbocycles. The molecule has 27 heavy (non-hydrogen) atoms. The Morgan fingerprint density at radius 3 is 2.44 bits per heavy atom. The highest BCUT2D eigenvalue weighted by molar-refractivity contribution is 5.97. The summed E-state index contributed by atoms with van der Waals surface area (Å²) in [7, 11) is 0. The van der Waals surface area contributed by atoms with Crippen LogP contribution in [0, 0.1) is 11.3 Å². The highest BCUT2D eigenvalue weighted by atomic mass is 16.5. The lowest BCUT2D eigenvalue weighted by Crippen LogP contribution is -2.27. The van der Waals surface area contributed by atoms with E-state index < -0.39 is 11.9 Å². The Balaban J connectivity index is 1.88. The van der Waals surface area contributed by atoms with Crippen molar-refractivity contribution in [1.29, 1.82) is 5.26 Å². The van der Waals surface area contributed by atoms with E-state index in [0.717, 1.165) is 5.56 Å². The lowest BCUT2D eigenvalue weighted by atomic mass is 10.1. The fraction of sp³-hybridized carbons (Fsp3) is 0.190. The smallest absolute Gasteiger partial charge is 0.338 e. The van der Waals surface area contributed by atoms with E-state index in [9.17, 15) is 14.9 Å². The topological polar surface area (TPSA) is 91.2 Å². The predicted molar refractivity (Wildman–Crippen MR) is 103 cm³/mol. The number of nitrogens with zero attached hydrogens (tertiary/aromatic N) is 1. The number of carbonyl (C=O) groups excluding carboxylic acids is 2. The van der Waals surface area contributed by atoms with Gasteiger partial charge in [0.2, 0.25) is 0 Å². The van der Waals surface area contributed by atoms with Gasteiger partial charge in [0.15, 0.2) is 0 Å². The lowest BCUT2D eigenvalue weighted by Gasteiger charge is -2.06. The Labute approximate surface area is 158 Å². The number of nitriles is 1. The molecule has 2 aromatic rings. The van der Waals surface area contributed by atoms with E-state index in [1.807, 2.05) is 36.4 Å². The fourth-order valence-electron chi connectivity index (χ4n) is 2.28. The summed E-state index contributed by atoms with van der Waals surface area (Å²) in [5, 5.41) is 14.8. The maximum absolute atomic E-state index is 12.1. The maximum Gasteiger partial charge on any atom is 0.338 e. The van der Waals surface area contributed by atoms with Gasteiger partial charge < -0.3 is 15.4 Å². The number of amides is 1. The zero-order valence-corrected chi connectivity index (χ0v) is 15.1. The predicted octanol–water partition coefficient (Wildman–Crippen LogP) is 3.04. The van der Waals surface area contributed by atoms with Crippen LogP contribution in [0.3, 0.4) is 0 Å². The lowest BCUT2D eigenvalue weighted by molar-refractivity contribution is -0.117. The molecule has 0 atom stereocenters. The first-order valence-electron chi connectivity index (χ1n) is 8.60. The Morgan fingerprint density at radius 1 is 1.11 bits per heavy atom. The molecule has 0 aliphatic rings. The molecule has 0 saturated heterocycles. The largest absolute Gasteiger partial charge is 0.462 e. The summed E-state index contributed by atoms with van der Waals surface area (Å²) in [5.41, 5.74) is 2.16. The van der Waals surface area contributed by atoms with Gasteiger partial charge in [-0.15, -0.1) is 0 Å². The second kappa shape index (κ2) is 10.4. The first kappa shape index (κ1) is 19.7. The van der Waals surface area contributed by atoms with Crippen LogP contribution in [0.1, 0.15) is 22.8 Å². The molecule has 0 heterocycles. The van der Waals surface area contributed by atoms with Crippen LogP contribution in [0.25, 0.3) is 0 Å². The molecular weight excluding hydrogens is 342 g/mol. The van der Waals surface area contributed by atoms with Gasteiger partial charge in [-0.2, -0.15) is 5.26 Å². The number of carbonyl (C=O) groups is 2. The van der Waals surface area contributed by atoms with Crippen molar-refractivity contribution in [2.45, 2.75) is 13.3 Å². The van der Waals surface area contributed by atoms with E-state index in [1.54, 1.807) is 31.2 Å². The minimum absolute atomic E-state index is 0.0301. The molecule has 0 unspecified atom stereocenters. The average molecular weight is 363 g/mol. The summed E-state index contributed by atoms with van der Waals surface area (Å²) in [6, 6.07) is 18.2. The molecule has 0 aromatic heterocycles. The number of nitrogens with one attached hydrogen (secondary N) is 2. The van der Waals surface area contributed by atoms with Gasteiger partial charge in [0.25, 0.3) is 5.91 Å². The number of rotatable bonds is 8. The monoisotopic (exact) mass is 363 g/mol. The van der Waals surface area contributed by atoms with E-state index in [0.29, 0.717) is 30.8 Å². The summed E-state index contributed by atoms with van der Waals surface area (Å²) < 4.78 is 4.92. The summed E-state index contributed by atoms with van der Waals surface area (Å²) in [4.78, 5) is 23.7. The van der Waals surface area contributed by atoms with Crippen molar-refractivity contribution in [2.24, 2.45) is 0 Å². The van der Waals surface area contributed by atoms with Crippen LogP contribution in [-0.4, -0.2) is 25.0 Å². The number of hydrogen-bond acceptors (Lipinski definition) is 5. The van der Waals surface area contributed by atoms with Crippen molar-refractivity contribution in [1.82, 2.24) is 5.32 Å². The summed E-state index contributed by atoms with van der Waals surface area (Å²) in [6.07, 6.45) is 2.03. The normalized spacial score (nSPS) is 10.6. The Hall–Kier alpha value is -3.59. The molecule has 2 aromatic carbocycles. The van der Waals surface area contributed by atoms with E-state index in [-0.39, 0.29) is 5.57 Å². The Morgan fingerprint density at radius 2 is 1.81 bits per heavy atom. The molecular formula is C21H21N3O3. The van der Waals surface area contributed by atoms with Crippen LogP contribution in [0.4, 0.5) is 5.69 Å². The van der Waals surface area contributed by atoms with Gasteiger partial charge in [-0.1, -0.05) is 30.3 Å². The van der Waals surface area contributed by atoms with Crippen LogP contribution >= 0.6 is 0 Å². The quantitative estimate of drug-likeness (QED) is 0.427. The second-order valence-corrected chi connectivity index (χ2v) is 5.60. The molecule has 0 saturated carbocycles. The first-order valence-corrected chi connectivity index (χ1v) is 8.60. The molecule has 138 valence electrons. The number of hydrogen-bond donors (Lipinski definition) is 2. The van der Waals surface area contributed by atoms with Crippen molar-refractivity contribution in [3.63, 3.8) is 0 Å². The SMILES string of the molecule is CCOC(=O)c1ccc(N/C=C(/C#N)C(=O)NCCc2ccccc2)cc1. The van der Waals surface area contributed by atoms with Crippen molar-refractivity contribution in [3.05, 3.63) is 77.5 Å². The summed E-state index contributed by atoms with van der Waals surface area (Å²) in [6.45, 7) is 2.50. The minimum Gasteiger partial charge on any atom is -0.462 e.